The third-order valence-corrected chi connectivity index (χ3v) is 4.13. The fourth-order valence-corrected chi connectivity index (χ4v) is 2.13. The van der Waals surface area contributed by atoms with E-state index in [9.17, 15) is 4.79 Å². The third-order valence-electron chi connectivity index (χ3n) is 4.13. The summed E-state index contributed by atoms with van der Waals surface area (Å²) in [7, 11) is 1.99. The number of carbonyl (C=O) groups excluding carboxylic acids is 1. The number of nitrogens with zero attached hydrogens (tertiary/aromatic N) is 2. The zero-order valence-electron chi connectivity index (χ0n) is 14.1. The van der Waals surface area contributed by atoms with Crippen molar-refractivity contribution in [2.75, 3.05) is 12.4 Å². The summed E-state index contributed by atoms with van der Waals surface area (Å²) in [6, 6.07) is 8.33. The molecule has 0 radical (unpaired) electrons. The first-order chi connectivity index (χ1) is 10.5. The van der Waals surface area contributed by atoms with Crippen molar-refractivity contribution in [3.05, 3.63) is 29.8 Å². The number of hydrogen-bond acceptors (Lipinski definition) is 2. The number of nitrogens with two attached hydrogens (primary N) is 1. The van der Waals surface area contributed by atoms with Crippen LogP contribution in [0.2, 0.25) is 0 Å². The van der Waals surface area contributed by atoms with Gasteiger partial charge in [-0.2, -0.15) is 0 Å². The van der Waals surface area contributed by atoms with Crippen molar-refractivity contribution in [2.24, 2.45) is 16.6 Å². The summed E-state index contributed by atoms with van der Waals surface area (Å²) in [5.74, 6) is 0.650. The van der Waals surface area contributed by atoms with Crippen molar-refractivity contribution in [3.63, 3.8) is 0 Å². The molecule has 1 amide bonds. The van der Waals surface area contributed by atoms with Gasteiger partial charge in [0, 0.05) is 24.7 Å². The van der Waals surface area contributed by atoms with Gasteiger partial charge in [-0.3, -0.25) is 4.79 Å². The quantitative estimate of drug-likeness (QED) is 0.414. The van der Waals surface area contributed by atoms with Gasteiger partial charge in [0.2, 0.25) is 5.91 Å². The summed E-state index contributed by atoms with van der Waals surface area (Å²) in [5, 5.41) is 2.94. The molecule has 1 unspecified atom stereocenters. The summed E-state index contributed by atoms with van der Waals surface area (Å²) >= 11 is 0. The minimum atomic E-state index is 0. The molecule has 1 aliphatic rings. The molecule has 0 saturated heterocycles. The second kappa shape index (κ2) is 9.10. The van der Waals surface area contributed by atoms with Crippen LogP contribution in [-0.2, 0) is 11.3 Å². The second-order valence-corrected chi connectivity index (χ2v) is 6.02. The van der Waals surface area contributed by atoms with Crippen LogP contribution in [0.15, 0.2) is 29.3 Å². The Labute approximate surface area is 155 Å². The Morgan fingerprint density at radius 3 is 2.78 bits per heavy atom. The molecule has 2 rings (SSSR count). The summed E-state index contributed by atoms with van der Waals surface area (Å²) in [5.41, 5.74) is 7.84. The highest BCUT2D eigenvalue weighted by molar-refractivity contribution is 14.0. The van der Waals surface area contributed by atoms with E-state index < -0.39 is 0 Å². The number of benzene rings is 1. The highest BCUT2D eigenvalue weighted by atomic mass is 127. The lowest BCUT2D eigenvalue weighted by atomic mass is 10.1. The molecule has 1 fully saturated rings. The Morgan fingerprint density at radius 2 is 2.17 bits per heavy atom. The van der Waals surface area contributed by atoms with Crippen LogP contribution in [0.1, 0.15) is 38.7 Å². The van der Waals surface area contributed by atoms with Gasteiger partial charge >= 0.3 is 0 Å². The van der Waals surface area contributed by atoms with Gasteiger partial charge < -0.3 is 16.0 Å². The Balaban J connectivity index is 0.00000264. The fourth-order valence-electron chi connectivity index (χ4n) is 2.13. The summed E-state index contributed by atoms with van der Waals surface area (Å²) in [6.07, 6.45) is 3.23. The van der Waals surface area contributed by atoms with Gasteiger partial charge in [-0.15, -0.1) is 24.0 Å². The van der Waals surface area contributed by atoms with Gasteiger partial charge in [0.1, 0.15) is 0 Å². The van der Waals surface area contributed by atoms with Crippen molar-refractivity contribution >= 4 is 41.5 Å². The Hall–Kier alpha value is -1.31. The first-order valence-corrected chi connectivity index (χ1v) is 7.93. The summed E-state index contributed by atoms with van der Waals surface area (Å²) < 4.78 is 0. The van der Waals surface area contributed by atoms with Crippen LogP contribution in [-0.4, -0.2) is 29.9 Å². The van der Waals surface area contributed by atoms with Gasteiger partial charge in [-0.1, -0.05) is 26.0 Å². The zero-order chi connectivity index (χ0) is 16.1. The topological polar surface area (TPSA) is 70.7 Å². The number of hydrogen-bond donors (Lipinski definition) is 2. The Kier molecular flexibility index (Phi) is 7.81. The molecule has 0 heterocycles. The minimum Gasteiger partial charge on any atom is -0.370 e. The molecule has 3 N–H and O–H groups in total. The normalized spacial score (nSPS) is 15.5. The van der Waals surface area contributed by atoms with E-state index in [1.54, 1.807) is 0 Å². The van der Waals surface area contributed by atoms with Crippen LogP contribution in [0.25, 0.3) is 0 Å². The highest BCUT2D eigenvalue weighted by Crippen LogP contribution is 2.25. The molecule has 6 heteroatoms. The number of anilines is 1. The van der Waals surface area contributed by atoms with E-state index >= 15 is 0 Å². The number of nitrogens with one attached hydrogen (secondary N) is 1. The van der Waals surface area contributed by atoms with Crippen molar-refractivity contribution in [1.29, 1.82) is 0 Å². The zero-order valence-corrected chi connectivity index (χ0v) is 16.4. The molecular formula is C17H27IN4O. The molecule has 1 saturated carbocycles. The van der Waals surface area contributed by atoms with E-state index in [4.69, 9.17) is 5.73 Å². The van der Waals surface area contributed by atoms with E-state index in [1.165, 1.54) is 12.8 Å². The molecule has 0 aromatic heterocycles. The van der Waals surface area contributed by atoms with Crippen LogP contribution in [0.5, 0.6) is 0 Å². The molecule has 1 atom stereocenters. The Bertz CT molecular complexity index is 557. The molecule has 5 nitrogen and oxygen atoms in total. The average molecular weight is 430 g/mol. The van der Waals surface area contributed by atoms with Crippen LogP contribution < -0.4 is 11.1 Å². The SMILES string of the molecule is CCC(C)C(=O)Nc1cccc(CN=C(N)N(C)C2CC2)c1.I. The van der Waals surface area contributed by atoms with Crippen molar-refractivity contribution in [1.82, 2.24) is 4.90 Å². The first kappa shape index (κ1) is 19.7. The maximum Gasteiger partial charge on any atom is 0.227 e. The second-order valence-electron chi connectivity index (χ2n) is 6.02. The number of halogens is 1. The number of amides is 1. The lowest BCUT2D eigenvalue weighted by Gasteiger charge is -2.17. The van der Waals surface area contributed by atoms with Crippen LogP contribution in [0.3, 0.4) is 0 Å². The molecular weight excluding hydrogens is 403 g/mol. The molecule has 1 aromatic carbocycles. The lowest BCUT2D eigenvalue weighted by molar-refractivity contribution is -0.119. The van der Waals surface area contributed by atoms with E-state index in [0.717, 1.165) is 17.7 Å². The van der Waals surface area contributed by atoms with Crippen molar-refractivity contribution < 1.29 is 4.79 Å². The third kappa shape index (κ3) is 6.01. The monoisotopic (exact) mass is 430 g/mol. The van der Waals surface area contributed by atoms with Crippen LogP contribution in [0, 0.1) is 5.92 Å². The lowest BCUT2D eigenvalue weighted by Crippen LogP contribution is -2.35. The Morgan fingerprint density at radius 1 is 1.48 bits per heavy atom. The number of guanidine groups is 1. The van der Waals surface area contributed by atoms with E-state index in [0.29, 0.717) is 18.5 Å². The molecule has 23 heavy (non-hydrogen) atoms. The van der Waals surface area contributed by atoms with E-state index in [2.05, 4.69) is 10.3 Å². The smallest absolute Gasteiger partial charge is 0.227 e. The first-order valence-electron chi connectivity index (χ1n) is 7.93. The number of rotatable bonds is 6. The van der Waals surface area contributed by atoms with Gasteiger partial charge in [0.25, 0.3) is 0 Å². The standard InChI is InChI=1S/C17H26N4O.HI/c1-4-12(2)16(22)20-14-7-5-6-13(10-14)11-19-17(18)21(3)15-8-9-15;/h5-7,10,12,15H,4,8-9,11H2,1-3H3,(H2,18,19)(H,20,22);1H. The van der Waals surface area contributed by atoms with Crippen LogP contribution in [0.4, 0.5) is 5.69 Å². The predicted molar refractivity (Wildman–Crippen MR) is 106 cm³/mol. The molecule has 0 aliphatic heterocycles. The molecule has 0 spiro atoms. The minimum absolute atomic E-state index is 0. The largest absolute Gasteiger partial charge is 0.370 e. The van der Waals surface area contributed by atoms with Gasteiger partial charge in [0.15, 0.2) is 5.96 Å². The van der Waals surface area contributed by atoms with Gasteiger partial charge in [-0.25, -0.2) is 4.99 Å². The number of carbonyl (C=O) groups is 1. The molecule has 1 aromatic rings. The van der Waals surface area contributed by atoms with Crippen molar-refractivity contribution in [2.45, 2.75) is 45.7 Å². The van der Waals surface area contributed by atoms with Gasteiger partial charge in [0.05, 0.1) is 6.54 Å². The summed E-state index contributed by atoms with van der Waals surface area (Å²) in [4.78, 5) is 18.4. The highest BCUT2D eigenvalue weighted by Gasteiger charge is 2.27. The number of aliphatic imine (C=N–C) groups is 1. The maximum absolute atomic E-state index is 11.9. The van der Waals surface area contributed by atoms with E-state index in [1.807, 2.05) is 50.1 Å². The predicted octanol–water partition coefficient (Wildman–Crippen LogP) is 3.20. The molecule has 0 bridgehead atoms. The summed E-state index contributed by atoms with van der Waals surface area (Å²) in [6.45, 7) is 4.46. The van der Waals surface area contributed by atoms with Crippen LogP contribution >= 0.6 is 24.0 Å². The molecule has 128 valence electrons. The average Bonchev–Trinajstić information content (AvgIpc) is 3.36. The fraction of sp³-hybridized carbons (Fsp3) is 0.529. The van der Waals surface area contributed by atoms with E-state index in [-0.39, 0.29) is 35.8 Å². The maximum atomic E-state index is 11.9. The molecule has 1 aliphatic carbocycles. The van der Waals surface area contributed by atoms with Crippen molar-refractivity contribution in [3.8, 4) is 0 Å². The van der Waals surface area contributed by atoms with Gasteiger partial charge in [-0.05, 0) is 37.0 Å².